The van der Waals surface area contributed by atoms with Gasteiger partial charge >= 0.3 is 5.97 Å². The average molecular weight is 292 g/mol. The quantitative estimate of drug-likeness (QED) is 0.679. The maximum Gasteiger partial charge on any atom is 0.327 e. The molecule has 0 aliphatic carbocycles. The molecule has 1 amide bonds. The third kappa shape index (κ3) is 6.90. The van der Waals surface area contributed by atoms with Crippen LogP contribution in [-0.2, 0) is 16.0 Å². The Balaban J connectivity index is 2.47. The van der Waals surface area contributed by atoms with Gasteiger partial charge in [-0.15, -0.1) is 0 Å². The maximum atomic E-state index is 11.1. The summed E-state index contributed by atoms with van der Waals surface area (Å²) in [4.78, 5) is 22.1. The Morgan fingerprint density at radius 2 is 1.86 bits per heavy atom. The van der Waals surface area contributed by atoms with E-state index in [1.165, 1.54) is 12.5 Å². The van der Waals surface area contributed by atoms with Crippen LogP contribution in [0, 0.1) is 0 Å². The molecule has 1 atom stereocenters. The van der Waals surface area contributed by atoms with Crippen LogP contribution >= 0.6 is 0 Å². The van der Waals surface area contributed by atoms with Gasteiger partial charge in [0, 0.05) is 19.0 Å². The van der Waals surface area contributed by atoms with Crippen LogP contribution in [0.1, 0.15) is 32.8 Å². The Morgan fingerprint density at radius 3 is 2.38 bits per heavy atom. The van der Waals surface area contributed by atoms with E-state index in [9.17, 15) is 9.59 Å². The molecule has 116 valence electrons. The molecule has 5 nitrogen and oxygen atoms in total. The lowest BCUT2D eigenvalue weighted by Crippen LogP contribution is -2.51. The van der Waals surface area contributed by atoms with Gasteiger partial charge < -0.3 is 15.7 Å². The van der Waals surface area contributed by atoms with Crippen molar-refractivity contribution in [3.63, 3.8) is 0 Å². The lowest BCUT2D eigenvalue weighted by Gasteiger charge is -2.28. The molecule has 0 aromatic heterocycles. The highest BCUT2D eigenvalue weighted by Crippen LogP contribution is 2.13. The molecular formula is C16H24N2O3. The molecule has 0 aliphatic rings. The Bertz CT molecular complexity index is 472. The molecule has 1 aromatic carbocycles. The fraction of sp³-hybridized carbons (Fsp3) is 0.500. The van der Waals surface area contributed by atoms with Gasteiger partial charge in [0.05, 0.1) is 0 Å². The number of carboxylic acids is 1. The number of aryl methyl sites for hydroxylation is 1. The van der Waals surface area contributed by atoms with Crippen LogP contribution in [0.5, 0.6) is 0 Å². The Morgan fingerprint density at radius 1 is 1.24 bits per heavy atom. The summed E-state index contributed by atoms with van der Waals surface area (Å²) in [5, 5.41) is 14.7. The smallest absolute Gasteiger partial charge is 0.327 e. The van der Waals surface area contributed by atoms with Gasteiger partial charge in [0.25, 0.3) is 0 Å². The van der Waals surface area contributed by atoms with Crippen molar-refractivity contribution in [1.29, 1.82) is 0 Å². The van der Waals surface area contributed by atoms with Crippen molar-refractivity contribution >= 4 is 11.9 Å². The summed E-state index contributed by atoms with van der Waals surface area (Å²) >= 11 is 0. The second-order valence-corrected chi connectivity index (χ2v) is 5.84. The van der Waals surface area contributed by atoms with E-state index in [1.54, 1.807) is 0 Å². The predicted molar refractivity (Wildman–Crippen MR) is 82.1 cm³/mol. The topological polar surface area (TPSA) is 78.4 Å². The Kier molecular flexibility index (Phi) is 6.37. The van der Waals surface area contributed by atoms with E-state index in [-0.39, 0.29) is 18.0 Å². The summed E-state index contributed by atoms with van der Waals surface area (Å²) in [6.07, 6.45) is 1.79. The lowest BCUT2D eigenvalue weighted by atomic mass is 9.95. The molecule has 0 spiro atoms. The third-order valence-electron chi connectivity index (χ3n) is 3.34. The molecule has 0 aliphatic heterocycles. The maximum absolute atomic E-state index is 11.1. The minimum absolute atomic E-state index is 0.205. The van der Waals surface area contributed by atoms with Crippen molar-refractivity contribution in [1.82, 2.24) is 10.6 Å². The molecule has 1 unspecified atom stereocenters. The number of hydrogen-bond donors (Lipinski definition) is 3. The minimum Gasteiger partial charge on any atom is -0.480 e. The van der Waals surface area contributed by atoms with Crippen molar-refractivity contribution in [2.45, 2.75) is 45.2 Å². The zero-order valence-corrected chi connectivity index (χ0v) is 12.8. The summed E-state index contributed by atoms with van der Waals surface area (Å²) in [7, 11) is 0. The number of aliphatic carboxylic acids is 1. The summed E-state index contributed by atoms with van der Waals surface area (Å²) in [6.45, 7) is 5.58. The standard InChI is InChI=1S/C16H24N2O3/c1-12(19)18-14(15(20)21)11-17-16(2,3)10-9-13-7-5-4-6-8-13/h4-8,14,17H,9-11H2,1-3H3,(H,18,19)(H,20,21). The van der Waals surface area contributed by atoms with E-state index in [4.69, 9.17) is 5.11 Å². The molecule has 1 rings (SSSR count). The molecule has 0 saturated heterocycles. The van der Waals surface area contributed by atoms with Gasteiger partial charge in [-0.25, -0.2) is 4.79 Å². The molecule has 5 heteroatoms. The first kappa shape index (κ1) is 17.2. The average Bonchev–Trinajstić information content (AvgIpc) is 2.42. The van der Waals surface area contributed by atoms with Crippen molar-refractivity contribution < 1.29 is 14.7 Å². The van der Waals surface area contributed by atoms with Gasteiger partial charge in [0.2, 0.25) is 5.91 Å². The van der Waals surface area contributed by atoms with Gasteiger partial charge in [-0.1, -0.05) is 30.3 Å². The molecule has 0 heterocycles. The summed E-state index contributed by atoms with van der Waals surface area (Å²) < 4.78 is 0. The van der Waals surface area contributed by atoms with E-state index in [2.05, 4.69) is 22.8 Å². The Labute approximate surface area is 125 Å². The second-order valence-electron chi connectivity index (χ2n) is 5.84. The molecule has 3 N–H and O–H groups in total. The van der Waals surface area contributed by atoms with Crippen LogP contribution in [0.4, 0.5) is 0 Å². The van der Waals surface area contributed by atoms with E-state index in [1.807, 2.05) is 32.0 Å². The number of benzene rings is 1. The van der Waals surface area contributed by atoms with Gasteiger partial charge in [-0.05, 0) is 32.3 Å². The highest BCUT2D eigenvalue weighted by atomic mass is 16.4. The summed E-state index contributed by atoms with van der Waals surface area (Å²) in [6, 6.07) is 9.25. The third-order valence-corrected chi connectivity index (χ3v) is 3.34. The summed E-state index contributed by atoms with van der Waals surface area (Å²) in [5.74, 6) is -1.37. The highest BCUT2D eigenvalue weighted by molar-refractivity contribution is 5.82. The fourth-order valence-corrected chi connectivity index (χ4v) is 2.01. The SMILES string of the molecule is CC(=O)NC(CNC(C)(C)CCc1ccccc1)C(=O)O. The van der Waals surface area contributed by atoms with Gasteiger partial charge in [-0.3, -0.25) is 4.79 Å². The van der Waals surface area contributed by atoms with Crippen LogP contribution < -0.4 is 10.6 Å². The second kappa shape index (κ2) is 7.78. The number of rotatable bonds is 8. The van der Waals surface area contributed by atoms with E-state index in [0.717, 1.165) is 12.8 Å². The molecule has 0 saturated carbocycles. The van der Waals surface area contributed by atoms with E-state index in [0.29, 0.717) is 0 Å². The molecule has 0 fully saturated rings. The first-order valence-corrected chi connectivity index (χ1v) is 7.09. The molecule has 0 bridgehead atoms. The lowest BCUT2D eigenvalue weighted by molar-refractivity contribution is -0.141. The monoisotopic (exact) mass is 292 g/mol. The van der Waals surface area contributed by atoms with Gasteiger partial charge in [0.15, 0.2) is 0 Å². The number of carbonyl (C=O) groups excluding carboxylic acids is 1. The van der Waals surface area contributed by atoms with E-state index < -0.39 is 12.0 Å². The number of carboxylic acid groups (broad SMARTS) is 1. The molecular weight excluding hydrogens is 268 g/mol. The van der Waals surface area contributed by atoms with Gasteiger partial charge in [0.1, 0.15) is 6.04 Å². The van der Waals surface area contributed by atoms with E-state index >= 15 is 0 Å². The number of carbonyl (C=O) groups is 2. The van der Waals surface area contributed by atoms with Gasteiger partial charge in [-0.2, -0.15) is 0 Å². The van der Waals surface area contributed by atoms with Crippen LogP contribution in [0.2, 0.25) is 0 Å². The first-order valence-electron chi connectivity index (χ1n) is 7.09. The van der Waals surface area contributed by atoms with Crippen LogP contribution in [0.25, 0.3) is 0 Å². The summed E-state index contributed by atoms with van der Waals surface area (Å²) in [5.41, 5.74) is 1.05. The largest absolute Gasteiger partial charge is 0.480 e. The predicted octanol–water partition coefficient (Wildman–Crippen LogP) is 1.58. The first-order chi connectivity index (χ1) is 9.80. The van der Waals surface area contributed by atoms with Crippen molar-refractivity contribution in [3.8, 4) is 0 Å². The molecule has 1 aromatic rings. The minimum atomic E-state index is -1.03. The number of amides is 1. The van der Waals surface area contributed by atoms with Crippen LogP contribution in [-0.4, -0.2) is 35.1 Å². The van der Waals surface area contributed by atoms with Crippen LogP contribution in [0.15, 0.2) is 30.3 Å². The van der Waals surface area contributed by atoms with Crippen molar-refractivity contribution in [2.24, 2.45) is 0 Å². The zero-order chi connectivity index (χ0) is 15.9. The number of nitrogens with one attached hydrogen (secondary N) is 2. The van der Waals surface area contributed by atoms with Crippen molar-refractivity contribution in [3.05, 3.63) is 35.9 Å². The zero-order valence-electron chi connectivity index (χ0n) is 12.8. The van der Waals surface area contributed by atoms with Crippen LogP contribution in [0.3, 0.4) is 0 Å². The number of hydrogen-bond acceptors (Lipinski definition) is 3. The molecule has 0 radical (unpaired) electrons. The van der Waals surface area contributed by atoms with Crippen molar-refractivity contribution in [2.75, 3.05) is 6.54 Å². The normalized spacial score (nSPS) is 12.7. The fourth-order valence-electron chi connectivity index (χ4n) is 2.01. The molecule has 21 heavy (non-hydrogen) atoms. The Hall–Kier alpha value is -1.88. The highest BCUT2D eigenvalue weighted by Gasteiger charge is 2.23.